The maximum atomic E-state index is 14.9. The quantitative estimate of drug-likeness (QED) is 0.232. The summed E-state index contributed by atoms with van der Waals surface area (Å²) in [5, 5.41) is 4.75. The molecule has 1 fully saturated rings. The zero-order valence-corrected chi connectivity index (χ0v) is 24.7. The molecule has 0 radical (unpaired) electrons. The summed E-state index contributed by atoms with van der Waals surface area (Å²) >= 11 is 0. The third-order valence-corrected chi connectivity index (χ3v) is 9.62. The summed E-state index contributed by atoms with van der Waals surface area (Å²) in [5.74, 6) is -0.543. The number of nitrogens with zero attached hydrogens (tertiary/aromatic N) is 2. The number of para-hydroxylation sites is 2. The Bertz CT molecular complexity index is 1970. The van der Waals surface area contributed by atoms with E-state index in [-0.39, 0.29) is 16.6 Å². The van der Waals surface area contributed by atoms with E-state index >= 15 is 0 Å². The van der Waals surface area contributed by atoms with Gasteiger partial charge in [-0.1, -0.05) is 115 Å². The Kier molecular flexibility index (Phi) is 6.78. The summed E-state index contributed by atoms with van der Waals surface area (Å²) in [4.78, 5) is 21.4. The number of amides is 1. The van der Waals surface area contributed by atoms with E-state index in [1.54, 1.807) is 36.4 Å². The number of anilines is 1. The van der Waals surface area contributed by atoms with Gasteiger partial charge in [-0.05, 0) is 53.9 Å². The SMILES string of the molecule is Cc1ccc(S(=O)(=O)/N=C2\Nc3ccccc3C23C(c2ccccc2)C(=O)N(Oc2ccccc2)C3c2ccccc2)cc1. The zero-order valence-electron chi connectivity index (χ0n) is 23.9. The standard InChI is InChI=1S/C36H29N3O4S/c1-25-21-23-29(24-22-25)44(41,42)38-35-36(30-19-11-12-20-31(30)37-35)32(26-13-5-2-6-14-26)34(40)39(43-28-17-9-4-10-18-28)33(36)27-15-7-3-8-16-27/h2-24,32-33H,1H3,(H,37,38). The third kappa shape index (κ3) is 4.46. The molecular weight excluding hydrogens is 570 g/mol. The van der Waals surface area contributed by atoms with Crippen molar-refractivity contribution in [2.45, 2.75) is 29.2 Å². The van der Waals surface area contributed by atoms with Crippen LogP contribution in [0.15, 0.2) is 149 Å². The monoisotopic (exact) mass is 599 g/mol. The van der Waals surface area contributed by atoms with Crippen LogP contribution in [0.3, 0.4) is 0 Å². The van der Waals surface area contributed by atoms with Crippen molar-refractivity contribution >= 4 is 27.5 Å². The first kappa shape index (κ1) is 27.6. The highest BCUT2D eigenvalue weighted by molar-refractivity contribution is 7.90. The number of aryl methyl sites for hydroxylation is 1. The average Bonchev–Trinajstić information content (AvgIpc) is 3.49. The first-order chi connectivity index (χ1) is 21.4. The number of hydrogen-bond acceptors (Lipinski definition) is 4. The van der Waals surface area contributed by atoms with E-state index in [9.17, 15) is 13.2 Å². The van der Waals surface area contributed by atoms with Crippen LogP contribution in [0.25, 0.3) is 0 Å². The molecule has 0 aliphatic carbocycles. The van der Waals surface area contributed by atoms with Crippen LogP contribution in [0.4, 0.5) is 5.69 Å². The van der Waals surface area contributed by atoms with Crippen molar-refractivity contribution in [2.24, 2.45) is 4.40 Å². The lowest BCUT2D eigenvalue weighted by Gasteiger charge is -2.36. The molecule has 3 atom stereocenters. The van der Waals surface area contributed by atoms with Gasteiger partial charge in [0, 0.05) is 5.69 Å². The van der Waals surface area contributed by atoms with E-state index in [1.165, 1.54) is 5.06 Å². The Hall–Kier alpha value is -5.21. The zero-order chi connectivity index (χ0) is 30.3. The van der Waals surface area contributed by atoms with E-state index < -0.39 is 27.4 Å². The van der Waals surface area contributed by atoms with Gasteiger partial charge in [0.2, 0.25) is 0 Å². The lowest BCUT2D eigenvalue weighted by molar-refractivity contribution is -0.158. The molecule has 3 unspecified atom stereocenters. The molecule has 5 aromatic carbocycles. The average molecular weight is 600 g/mol. The van der Waals surface area contributed by atoms with Crippen molar-refractivity contribution < 1.29 is 18.0 Å². The second kappa shape index (κ2) is 10.8. The van der Waals surface area contributed by atoms with Crippen LogP contribution in [-0.4, -0.2) is 25.2 Å². The Morgan fingerprint density at radius 2 is 1.30 bits per heavy atom. The lowest BCUT2D eigenvalue weighted by atomic mass is 9.64. The van der Waals surface area contributed by atoms with Gasteiger partial charge in [0.05, 0.1) is 16.2 Å². The van der Waals surface area contributed by atoms with E-state index in [4.69, 9.17) is 4.84 Å². The minimum Gasteiger partial charge on any atom is -0.376 e. The van der Waals surface area contributed by atoms with Gasteiger partial charge in [-0.15, -0.1) is 4.40 Å². The molecular formula is C36H29N3O4S. The number of carbonyl (C=O) groups excluding carboxylic acids is 1. The van der Waals surface area contributed by atoms with Crippen LogP contribution in [-0.2, 0) is 20.2 Å². The molecule has 1 saturated heterocycles. The van der Waals surface area contributed by atoms with E-state index in [1.807, 2.05) is 110 Å². The molecule has 1 spiro atoms. The molecule has 7 rings (SSSR count). The smallest absolute Gasteiger partial charge is 0.283 e. The minimum atomic E-state index is -4.19. The molecule has 0 aromatic heterocycles. The second-order valence-electron chi connectivity index (χ2n) is 11.0. The summed E-state index contributed by atoms with van der Waals surface area (Å²) < 4.78 is 32.5. The highest BCUT2D eigenvalue weighted by Gasteiger charge is 2.68. The number of carbonyl (C=O) groups is 1. The first-order valence-corrected chi connectivity index (χ1v) is 15.8. The van der Waals surface area contributed by atoms with Gasteiger partial charge >= 0.3 is 0 Å². The van der Waals surface area contributed by atoms with Gasteiger partial charge in [0.15, 0.2) is 5.75 Å². The predicted molar refractivity (Wildman–Crippen MR) is 170 cm³/mol. The van der Waals surface area contributed by atoms with Gasteiger partial charge in [-0.25, -0.2) is 0 Å². The lowest BCUT2D eigenvalue weighted by Crippen LogP contribution is -2.45. The topological polar surface area (TPSA) is 88.1 Å². The highest BCUT2D eigenvalue weighted by Crippen LogP contribution is 2.61. The molecule has 2 aliphatic rings. The number of benzene rings is 5. The molecule has 8 heteroatoms. The molecule has 2 aliphatic heterocycles. The normalized spacial score (nSPS) is 21.8. The Balaban J connectivity index is 1.55. The molecule has 218 valence electrons. The largest absolute Gasteiger partial charge is 0.376 e. The highest BCUT2D eigenvalue weighted by atomic mass is 32.2. The van der Waals surface area contributed by atoms with Crippen molar-refractivity contribution in [2.75, 3.05) is 5.32 Å². The van der Waals surface area contributed by atoms with Crippen LogP contribution < -0.4 is 10.2 Å². The number of hydroxylamine groups is 2. The third-order valence-electron chi connectivity index (χ3n) is 8.33. The van der Waals surface area contributed by atoms with Gasteiger partial charge in [0.1, 0.15) is 11.9 Å². The van der Waals surface area contributed by atoms with Crippen LogP contribution in [0, 0.1) is 6.92 Å². The van der Waals surface area contributed by atoms with Gasteiger partial charge in [-0.2, -0.15) is 13.5 Å². The molecule has 1 N–H and O–H groups in total. The number of nitrogens with one attached hydrogen (secondary N) is 1. The Morgan fingerprint density at radius 3 is 1.95 bits per heavy atom. The molecule has 1 amide bonds. The molecule has 2 heterocycles. The van der Waals surface area contributed by atoms with Crippen molar-refractivity contribution in [3.63, 3.8) is 0 Å². The molecule has 5 aromatic rings. The maximum Gasteiger partial charge on any atom is 0.283 e. The second-order valence-corrected chi connectivity index (χ2v) is 12.6. The maximum absolute atomic E-state index is 14.9. The van der Waals surface area contributed by atoms with Crippen molar-refractivity contribution in [3.05, 3.63) is 162 Å². The van der Waals surface area contributed by atoms with Gasteiger partial charge < -0.3 is 10.2 Å². The van der Waals surface area contributed by atoms with Crippen LogP contribution in [0.1, 0.15) is 34.2 Å². The summed E-state index contributed by atoms with van der Waals surface area (Å²) in [6, 6.07) is 41.5. The summed E-state index contributed by atoms with van der Waals surface area (Å²) in [6.45, 7) is 1.90. The summed E-state index contributed by atoms with van der Waals surface area (Å²) in [7, 11) is -4.19. The number of fused-ring (bicyclic) bond motifs is 2. The van der Waals surface area contributed by atoms with Crippen LogP contribution in [0.5, 0.6) is 5.75 Å². The number of hydrogen-bond donors (Lipinski definition) is 1. The van der Waals surface area contributed by atoms with Crippen molar-refractivity contribution in [3.8, 4) is 5.75 Å². The minimum absolute atomic E-state index is 0.0674. The van der Waals surface area contributed by atoms with Crippen LogP contribution >= 0.6 is 0 Å². The number of sulfonamides is 1. The van der Waals surface area contributed by atoms with Gasteiger partial charge in [0.25, 0.3) is 15.9 Å². The van der Waals surface area contributed by atoms with Crippen LogP contribution in [0.2, 0.25) is 0 Å². The summed E-state index contributed by atoms with van der Waals surface area (Å²) in [6.07, 6.45) is 0. The molecule has 0 saturated carbocycles. The fraction of sp³-hybridized carbons (Fsp3) is 0.111. The van der Waals surface area contributed by atoms with E-state index in [0.29, 0.717) is 11.4 Å². The van der Waals surface area contributed by atoms with Crippen molar-refractivity contribution in [1.82, 2.24) is 5.06 Å². The van der Waals surface area contributed by atoms with Crippen molar-refractivity contribution in [1.29, 1.82) is 0 Å². The fourth-order valence-corrected chi connectivity index (χ4v) is 7.45. The van der Waals surface area contributed by atoms with Gasteiger partial charge in [-0.3, -0.25) is 4.79 Å². The molecule has 7 nitrogen and oxygen atoms in total. The number of rotatable bonds is 6. The fourth-order valence-electron chi connectivity index (χ4n) is 6.43. The summed E-state index contributed by atoms with van der Waals surface area (Å²) in [5.41, 5.74) is 2.56. The Morgan fingerprint density at radius 1 is 0.727 bits per heavy atom. The molecule has 44 heavy (non-hydrogen) atoms. The Labute approximate surface area is 256 Å². The van der Waals surface area contributed by atoms with E-state index in [0.717, 1.165) is 22.3 Å². The molecule has 0 bridgehead atoms. The first-order valence-electron chi connectivity index (χ1n) is 14.3. The number of amidine groups is 1. The predicted octanol–water partition coefficient (Wildman–Crippen LogP) is 6.81. The van der Waals surface area contributed by atoms with E-state index in [2.05, 4.69) is 9.71 Å².